The summed E-state index contributed by atoms with van der Waals surface area (Å²) in [5.41, 5.74) is 0.475. The standard InChI is InChI=1S/C13H15F3/c14-13(15,16)12-7-5-11(6-8-12)9-10-3-1-2-4-10/h5-8,10H,1-4,9H2. The normalized spacial score (nSPS) is 17.9. The largest absolute Gasteiger partial charge is 0.416 e. The Labute approximate surface area is 93.5 Å². The maximum absolute atomic E-state index is 12.3. The fourth-order valence-electron chi connectivity index (χ4n) is 2.38. The lowest BCUT2D eigenvalue weighted by Crippen LogP contribution is -2.05. The first-order valence-corrected chi connectivity index (χ1v) is 5.72. The highest BCUT2D eigenvalue weighted by Crippen LogP contribution is 2.31. The van der Waals surface area contributed by atoms with Crippen LogP contribution < -0.4 is 0 Å². The maximum atomic E-state index is 12.3. The second-order valence-electron chi connectivity index (χ2n) is 4.55. The van der Waals surface area contributed by atoms with Crippen molar-refractivity contribution in [2.45, 2.75) is 38.3 Å². The zero-order valence-corrected chi connectivity index (χ0v) is 9.06. The molecule has 0 radical (unpaired) electrons. The molecule has 0 nitrogen and oxygen atoms in total. The minimum absolute atomic E-state index is 0.553. The van der Waals surface area contributed by atoms with Crippen LogP contribution in [0.5, 0.6) is 0 Å². The summed E-state index contributed by atoms with van der Waals surface area (Å²) < 4.78 is 37.0. The predicted octanol–water partition coefficient (Wildman–Crippen LogP) is 4.44. The van der Waals surface area contributed by atoms with Gasteiger partial charge in [-0.3, -0.25) is 0 Å². The predicted molar refractivity (Wildman–Crippen MR) is 57.1 cm³/mol. The molecule has 0 heterocycles. The van der Waals surface area contributed by atoms with Crippen LogP contribution in [0.15, 0.2) is 24.3 Å². The van der Waals surface area contributed by atoms with E-state index in [9.17, 15) is 13.2 Å². The molecular weight excluding hydrogens is 213 g/mol. The SMILES string of the molecule is FC(F)(F)c1ccc(CC2CCCC2)cc1. The molecule has 1 fully saturated rings. The van der Waals surface area contributed by atoms with Crippen LogP contribution in [0.1, 0.15) is 36.8 Å². The smallest absolute Gasteiger partial charge is 0.166 e. The first-order chi connectivity index (χ1) is 7.55. The molecule has 88 valence electrons. The number of hydrogen-bond donors (Lipinski definition) is 0. The van der Waals surface area contributed by atoms with E-state index in [-0.39, 0.29) is 0 Å². The van der Waals surface area contributed by atoms with Crippen molar-refractivity contribution in [1.82, 2.24) is 0 Å². The highest BCUT2D eigenvalue weighted by Gasteiger charge is 2.30. The monoisotopic (exact) mass is 228 g/mol. The Morgan fingerprint density at radius 3 is 2.06 bits per heavy atom. The van der Waals surface area contributed by atoms with Crippen LogP contribution in [0.25, 0.3) is 0 Å². The summed E-state index contributed by atoms with van der Waals surface area (Å²) in [4.78, 5) is 0. The summed E-state index contributed by atoms with van der Waals surface area (Å²) >= 11 is 0. The Morgan fingerprint density at radius 2 is 1.56 bits per heavy atom. The molecule has 1 saturated carbocycles. The van der Waals surface area contributed by atoms with Crippen molar-refractivity contribution in [1.29, 1.82) is 0 Å². The minimum atomic E-state index is -4.22. The van der Waals surface area contributed by atoms with Crippen molar-refractivity contribution in [2.75, 3.05) is 0 Å². The Morgan fingerprint density at radius 1 is 1.00 bits per heavy atom. The molecule has 0 spiro atoms. The third-order valence-electron chi connectivity index (χ3n) is 3.28. The van der Waals surface area contributed by atoms with Gasteiger partial charge in [0.25, 0.3) is 0 Å². The average molecular weight is 228 g/mol. The van der Waals surface area contributed by atoms with Gasteiger partial charge in [-0.05, 0) is 30.0 Å². The average Bonchev–Trinajstić information content (AvgIpc) is 2.70. The molecule has 1 aromatic carbocycles. The van der Waals surface area contributed by atoms with Crippen LogP contribution >= 0.6 is 0 Å². The molecule has 0 saturated heterocycles. The molecule has 0 amide bonds. The summed E-state index contributed by atoms with van der Waals surface area (Å²) in [6.45, 7) is 0. The van der Waals surface area contributed by atoms with Crippen molar-refractivity contribution in [2.24, 2.45) is 5.92 Å². The molecule has 3 heteroatoms. The number of halogens is 3. The van der Waals surface area contributed by atoms with Gasteiger partial charge in [0, 0.05) is 0 Å². The first kappa shape index (κ1) is 11.5. The van der Waals surface area contributed by atoms with Gasteiger partial charge in [-0.2, -0.15) is 13.2 Å². The van der Waals surface area contributed by atoms with Crippen molar-refractivity contribution in [3.8, 4) is 0 Å². The first-order valence-electron chi connectivity index (χ1n) is 5.72. The summed E-state index contributed by atoms with van der Waals surface area (Å²) in [6.07, 6.45) is 1.70. The second-order valence-corrected chi connectivity index (χ2v) is 4.55. The second kappa shape index (κ2) is 4.48. The quantitative estimate of drug-likeness (QED) is 0.702. The highest BCUT2D eigenvalue weighted by atomic mass is 19.4. The molecule has 0 aromatic heterocycles. The lowest BCUT2D eigenvalue weighted by Gasteiger charge is -2.10. The Balaban J connectivity index is 2.01. The topological polar surface area (TPSA) is 0 Å². The lowest BCUT2D eigenvalue weighted by atomic mass is 9.97. The molecular formula is C13H15F3. The van der Waals surface area contributed by atoms with Crippen LogP contribution in [0, 0.1) is 5.92 Å². The van der Waals surface area contributed by atoms with Gasteiger partial charge in [0.2, 0.25) is 0 Å². The van der Waals surface area contributed by atoms with Crippen molar-refractivity contribution in [3.63, 3.8) is 0 Å². The van der Waals surface area contributed by atoms with E-state index in [4.69, 9.17) is 0 Å². The maximum Gasteiger partial charge on any atom is 0.416 e. The third-order valence-corrected chi connectivity index (χ3v) is 3.28. The molecule has 1 aliphatic carbocycles. The summed E-state index contributed by atoms with van der Waals surface area (Å²) in [6, 6.07) is 5.59. The van der Waals surface area contributed by atoms with Gasteiger partial charge in [0.1, 0.15) is 0 Å². The van der Waals surface area contributed by atoms with E-state index in [0.717, 1.165) is 12.0 Å². The zero-order valence-electron chi connectivity index (χ0n) is 9.06. The fourth-order valence-corrected chi connectivity index (χ4v) is 2.38. The van der Waals surface area contributed by atoms with Crippen molar-refractivity contribution in [3.05, 3.63) is 35.4 Å². The molecule has 16 heavy (non-hydrogen) atoms. The molecule has 1 aromatic rings. The van der Waals surface area contributed by atoms with Crippen LogP contribution in [0.4, 0.5) is 13.2 Å². The number of alkyl halides is 3. The summed E-state index contributed by atoms with van der Waals surface area (Å²) in [5, 5.41) is 0. The van der Waals surface area contributed by atoms with Gasteiger partial charge in [-0.15, -0.1) is 0 Å². The Hall–Kier alpha value is -0.990. The molecule has 0 bridgehead atoms. The molecule has 0 atom stereocenters. The highest BCUT2D eigenvalue weighted by molar-refractivity contribution is 5.24. The number of rotatable bonds is 2. The summed E-state index contributed by atoms with van der Waals surface area (Å²) in [7, 11) is 0. The van der Waals surface area contributed by atoms with E-state index in [2.05, 4.69) is 0 Å². The van der Waals surface area contributed by atoms with Crippen LogP contribution in [-0.4, -0.2) is 0 Å². The van der Waals surface area contributed by atoms with E-state index in [1.54, 1.807) is 12.1 Å². The van der Waals surface area contributed by atoms with E-state index < -0.39 is 11.7 Å². The van der Waals surface area contributed by atoms with E-state index in [1.807, 2.05) is 0 Å². The van der Waals surface area contributed by atoms with Crippen molar-refractivity contribution < 1.29 is 13.2 Å². The van der Waals surface area contributed by atoms with Crippen LogP contribution in [0.2, 0.25) is 0 Å². The zero-order chi connectivity index (χ0) is 11.6. The summed E-state index contributed by atoms with van der Waals surface area (Å²) in [5.74, 6) is 0.678. The molecule has 1 aliphatic rings. The van der Waals surface area contributed by atoms with Gasteiger partial charge in [-0.1, -0.05) is 37.8 Å². The van der Waals surface area contributed by atoms with Crippen molar-refractivity contribution >= 4 is 0 Å². The van der Waals surface area contributed by atoms with Gasteiger partial charge in [0.15, 0.2) is 0 Å². The molecule has 0 aliphatic heterocycles. The van der Waals surface area contributed by atoms with E-state index in [0.29, 0.717) is 5.92 Å². The van der Waals surface area contributed by atoms with E-state index in [1.165, 1.54) is 37.8 Å². The molecule has 2 rings (SSSR count). The van der Waals surface area contributed by atoms with Crippen LogP contribution in [0.3, 0.4) is 0 Å². The Bertz CT molecular complexity index is 331. The minimum Gasteiger partial charge on any atom is -0.166 e. The number of hydrogen-bond acceptors (Lipinski definition) is 0. The van der Waals surface area contributed by atoms with Crippen LogP contribution in [-0.2, 0) is 12.6 Å². The van der Waals surface area contributed by atoms with Gasteiger partial charge >= 0.3 is 6.18 Å². The van der Waals surface area contributed by atoms with E-state index >= 15 is 0 Å². The molecule has 0 N–H and O–H groups in total. The third kappa shape index (κ3) is 2.77. The van der Waals surface area contributed by atoms with Gasteiger partial charge in [0.05, 0.1) is 5.56 Å². The lowest BCUT2D eigenvalue weighted by molar-refractivity contribution is -0.137. The fraction of sp³-hybridized carbons (Fsp3) is 0.538. The molecule has 0 unspecified atom stereocenters. The van der Waals surface area contributed by atoms with Gasteiger partial charge in [-0.25, -0.2) is 0 Å². The van der Waals surface area contributed by atoms with Gasteiger partial charge < -0.3 is 0 Å². The Kier molecular flexibility index (Phi) is 3.22. The number of benzene rings is 1.